The summed E-state index contributed by atoms with van der Waals surface area (Å²) in [7, 11) is 0. The van der Waals surface area contributed by atoms with Crippen LogP contribution in [-0.2, 0) is 23.9 Å². The van der Waals surface area contributed by atoms with E-state index < -0.39 is 30.6 Å². The third kappa shape index (κ3) is 8.34. The molecule has 2 atom stereocenters. The van der Waals surface area contributed by atoms with Gasteiger partial charge in [0.05, 0.1) is 0 Å². The number of amides is 2. The number of likely N-dealkylation sites (tertiary alicyclic amines) is 1. The first-order valence-corrected chi connectivity index (χ1v) is 9.17. The fraction of sp³-hybridized carbons (Fsp3) is 0.833. The van der Waals surface area contributed by atoms with Gasteiger partial charge in [-0.25, -0.2) is 4.79 Å². The maximum Gasteiger partial charge on any atom is 0.335 e. The molecule has 1 aliphatic rings. The Hall–Kier alpha value is -1.63. The van der Waals surface area contributed by atoms with E-state index >= 15 is 0 Å². The minimum absolute atomic E-state index is 0.0928. The van der Waals surface area contributed by atoms with Crippen LogP contribution >= 0.6 is 0 Å². The lowest BCUT2D eigenvalue weighted by atomic mass is 10.1. The summed E-state index contributed by atoms with van der Waals surface area (Å²) < 4.78 is 10.3. The topological polar surface area (TPSA) is 84.9 Å². The number of hydrogen-bond donors (Lipinski definition) is 1. The molecule has 25 heavy (non-hydrogen) atoms. The lowest BCUT2D eigenvalue weighted by Crippen LogP contribution is -2.49. The molecule has 2 unspecified atom stereocenters. The molecule has 2 amide bonds. The Morgan fingerprint density at radius 3 is 2.28 bits per heavy atom. The molecule has 1 fully saturated rings. The van der Waals surface area contributed by atoms with E-state index in [-0.39, 0.29) is 5.91 Å². The van der Waals surface area contributed by atoms with Crippen LogP contribution in [0.2, 0.25) is 0 Å². The predicted molar refractivity (Wildman–Crippen MR) is 93.9 cm³/mol. The number of esters is 1. The molecule has 0 radical (unpaired) electrons. The SMILES string of the molecule is CC(C)CCOC(C)C(=O)OCC(=O)NC(C)C(=O)N1CCCCC1. The summed E-state index contributed by atoms with van der Waals surface area (Å²) >= 11 is 0. The van der Waals surface area contributed by atoms with Crippen molar-refractivity contribution >= 4 is 17.8 Å². The smallest absolute Gasteiger partial charge is 0.335 e. The van der Waals surface area contributed by atoms with E-state index in [1.807, 2.05) is 0 Å². The summed E-state index contributed by atoms with van der Waals surface area (Å²) in [5.41, 5.74) is 0. The van der Waals surface area contributed by atoms with Crippen molar-refractivity contribution in [3.05, 3.63) is 0 Å². The molecule has 1 heterocycles. The average molecular weight is 356 g/mol. The molecule has 1 saturated heterocycles. The zero-order valence-corrected chi connectivity index (χ0v) is 15.9. The molecule has 0 aromatic heterocycles. The highest BCUT2D eigenvalue weighted by atomic mass is 16.6. The first-order valence-electron chi connectivity index (χ1n) is 9.17. The molecule has 0 aromatic carbocycles. The average Bonchev–Trinajstić information content (AvgIpc) is 2.59. The van der Waals surface area contributed by atoms with Crippen LogP contribution < -0.4 is 5.32 Å². The van der Waals surface area contributed by atoms with Gasteiger partial charge in [-0.05, 0) is 45.4 Å². The molecule has 0 saturated carbocycles. The molecule has 1 rings (SSSR count). The largest absolute Gasteiger partial charge is 0.454 e. The number of rotatable bonds is 9. The highest BCUT2D eigenvalue weighted by Crippen LogP contribution is 2.10. The second-order valence-electron chi connectivity index (χ2n) is 6.98. The molecular weight excluding hydrogens is 324 g/mol. The fourth-order valence-electron chi connectivity index (χ4n) is 2.54. The van der Waals surface area contributed by atoms with E-state index in [1.165, 1.54) is 0 Å². The van der Waals surface area contributed by atoms with E-state index in [0.29, 0.717) is 12.5 Å². The maximum absolute atomic E-state index is 12.2. The van der Waals surface area contributed by atoms with Gasteiger partial charge in [0.2, 0.25) is 5.91 Å². The zero-order valence-electron chi connectivity index (χ0n) is 15.9. The fourth-order valence-corrected chi connectivity index (χ4v) is 2.54. The summed E-state index contributed by atoms with van der Waals surface area (Å²) in [6, 6.07) is -0.621. The Morgan fingerprint density at radius 1 is 1.04 bits per heavy atom. The Balaban J connectivity index is 2.26. The number of ether oxygens (including phenoxy) is 2. The van der Waals surface area contributed by atoms with Gasteiger partial charge in [-0.15, -0.1) is 0 Å². The van der Waals surface area contributed by atoms with E-state index in [9.17, 15) is 14.4 Å². The summed E-state index contributed by atoms with van der Waals surface area (Å²) in [6.07, 6.45) is 3.28. The van der Waals surface area contributed by atoms with Crippen molar-refractivity contribution in [3.8, 4) is 0 Å². The van der Waals surface area contributed by atoms with Crippen LogP contribution in [0.15, 0.2) is 0 Å². The van der Waals surface area contributed by atoms with Crippen LogP contribution in [0.25, 0.3) is 0 Å². The summed E-state index contributed by atoms with van der Waals surface area (Å²) in [5, 5.41) is 2.58. The third-order valence-electron chi connectivity index (χ3n) is 4.16. The monoisotopic (exact) mass is 356 g/mol. The third-order valence-corrected chi connectivity index (χ3v) is 4.16. The molecule has 0 bridgehead atoms. The minimum atomic E-state index is -0.709. The van der Waals surface area contributed by atoms with Crippen molar-refractivity contribution in [2.45, 2.75) is 65.5 Å². The van der Waals surface area contributed by atoms with Crippen molar-refractivity contribution in [1.82, 2.24) is 10.2 Å². The van der Waals surface area contributed by atoms with Crippen LogP contribution in [0.5, 0.6) is 0 Å². The van der Waals surface area contributed by atoms with Crippen molar-refractivity contribution in [3.63, 3.8) is 0 Å². The van der Waals surface area contributed by atoms with E-state index in [1.54, 1.807) is 18.7 Å². The highest BCUT2D eigenvalue weighted by molar-refractivity contribution is 5.88. The van der Waals surface area contributed by atoms with Gasteiger partial charge in [-0.1, -0.05) is 13.8 Å². The van der Waals surface area contributed by atoms with Crippen LogP contribution in [0, 0.1) is 5.92 Å². The first-order chi connectivity index (χ1) is 11.8. The maximum atomic E-state index is 12.2. The van der Waals surface area contributed by atoms with Crippen LogP contribution in [-0.4, -0.2) is 61.1 Å². The van der Waals surface area contributed by atoms with Crippen molar-refractivity contribution in [2.24, 2.45) is 5.92 Å². The van der Waals surface area contributed by atoms with Gasteiger partial charge < -0.3 is 19.7 Å². The number of carbonyl (C=O) groups is 3. The number of piperidine rings is 1. The predicted octanol–water partition coefficient (Wildman–Crippen LogP) is 1.50. The van der Waals surface area contributed by atoms with Crippen LogP contribution in [0.4, 0.5) is 0 Å². The molecule has 7 nitrogen and oxygen atoms in total. The minimum Gasteiger partial charge on any atom is -0.454 e. The Labute approximate surface area is 150 Å². The molecule has 7 heteroatoms. The molecule has 0 spiro atoms. The first kappa shape index (κ1) is 21.4. The summed E-state index contributed by atoms with van der Waals surface area (Å²) in [4.78, 5) is 37.7. The van der Waals surface area contributed by atoms with Gasteiger partial charge in [0.15, 0.2) is 12.7 Å². The standard InChI is InChI=1S/C18H32N2O5/c1-13(2)8-11-24-15(4)18(23)25-12-16(21)19-14(3)17(22)20-9-6-5-7-10-20/h13-15H,5-12H2,1-4H3,(H,19,21). The number of carbonyl (C=O) groups excluding carboxylic acids is 3. The lowest BCUT2D eigenvalue weighted by Gasteiger charge is -2.29. The van der Waals surface area contributed by atoms with Gasteiger partial charge in [-0.3, -0.25) is 9.59 Å². The number of nitrogens with zero attached hydrogens (tertiary/aromatic N) is 1. The van der Waals surface area contributed by atoms with Crippen LogP contribution in [0.3, 0.4) is 0 Å². The van der Waals surface area contributed by atoms with Gasteiger partial charge >= 0.3 is 5.97 Å². The van der Waals surface area contributed by atoms with Gasteiger partial charge in [0.25, 0.3) is 5.91 Å². The van der Waals surface area contributed by atoms with Crippen LogP contribution in [0.1, 0.15) is 53.4 Å². The Kier molecular flexibility index (Phi) is 9.49. The Morgan fingerprint density at radius 2 is 1.68 bits per heavy atom. The molecule has 144 valence electrons. The van der Waals surface area contributed by atoms with Gasteiger partial charge in [0.1, 0.15) is 6.04 Å². The highest BCUT2D eigenvalue weighted by Gasteiger charge is 2.24. The van der Waals surface area contributed by atoms with E-state index in [0.717, 1.165) is 38.8 Å². The normalized spacial score (nSPS) is 17.1. The van der Waals surface area contributed by atoms with Gasteiger partial charge in [-0.2, -0.15) is 0 Å². The van der Waals surface area contributed by atoms with Gasteiger partial charge in [0, 0.05) is 19.7 Å². The molecular formula is C18H32N2O5. The quantitative estimate of drug-likeness (QED) is 0.633. The Bertz CT molecular complexity index is 447. The summed E-state index contributed by atoms with van der Waals surface area (Å²) in [6.45, 7) is 8.93. The molecule has 1 N–H and O–H groups in total. The zero-order chi connectivity index (χ0) is 18.8. The second-order valence-corrected chi connectivity index (χ2v) is 6.98. The number of hydrogen-bond acceptors (Lipinski definition) is 5. The molecule has 0 aromatic rings. The van der Waals surface area contributed by atoms with E-state index in [4.69, 9.17) is 9.47 Å². The lowest BCUT2D eigenvalue weighted by molar-refractivity contribution is -0.159. The second kappa shape index (κ2) is 11.1. The molecule has 1 aliphatic heterocycles. The van der Waals surface area contributed by atoms with Crippen molar-refractivity contribution in [2.75, 3.05) is 26.3 Å². The van der Waals surface area contributed by atoms with E-state index in [2.05, 4.69) is 19.2 Å². The van der Waals surface area contributed by atoms with Crippen molar-refractivity contribution < 1.29 is 23.9 Å². The molecule has 0 aliphatic carbocycles. The number of nitrogens with one attached hydrogen (secondary N) is 1. The van der Waals surface area contributed by atoms with Crippen molar-refractivity contribution in [1.29, 1.82) is 0 Å². The summed E-state index contributed by atoms with van der Waals surface area (Å²) in [5.74, 6) is -0.660.